The van der Waals surface area contributed by atoms with E-state index in [1.165, 1.54) is 17.0 Å². The first-order valence-electron chi connectivity index (χ1n) is 8.68. The predicted molar refractivity (Wildman–Crippen MR) is 99.6 cm³/mol. The first kappa shape index (κ1) is 19.3. The number of hydrogen-bond donors (Lipinski definition) is 1. The van der Waals surface area contributed by atoms with Crippen molar-refractivity contribution in [2.24, 2.45) is 0 Å². The van der Waals surface area contributed by atoms with Crippen LogP contribution < -0.4 is 15.0 Å². The van der Waals surface area contributed by atoms with Gasteiger partial charge in [-0.1, -0.05) is 18.2 Å². The summed E-state index contributed by atoms with van der Waals surface area (Å²) in [7, 11) is 0. The second-order valence-corrected chi connectivity index (χ2v) is 6.24. The number of aryl methyl sites for hydroxylation is 1. The molecule has 0 aromatic heterocycles. The molecule has 1 aliphatic rings. The Morgan fingerprint density at radius 3 is 2.82 bits per heavy atom. The number of esters is 1. The standard InChI is InChI=1S/C20H19FN2O5/c1-13-6-7-15(14(21)10-13)22-18(24)11-28-20(26)8-9-23-16-4-2-3-5-17(16)27-12-19(23)25/h2-7,10H,8-9,11-12H2,1H3,(H,22,24). The van der Waals surface area contributed by atoms with Crippen LogP contribution in [0.1, 0.15) is 12.0 Å². The smallest absolute Gasteiger partial charge is 0.308 e. The lowest BCUT2D eigenvalue weighted by Crippen LogP contribution is -2.40. The van der Waals surface area contributed by atoms with E-state index < -0.39 is 24.3 Å². The van der Waals surface area contributed by atoms with Gasteiger partial charge in [-0.3, -0.25) is 14.4 Å². The molecule has 0 atom stereocenters. The van der Waals surface area contributed by atoms with Crippen molar-refractivity contribution in [2.75, 3.05) is 30.0 Å². The Hall–Kier alpha value is -3.42. The first-order chi connectivity index (χ1) is 13.4. The van der Waals surface area contributed by atoms with Gasteiger partial charge in [-0.15, -0.1) is 0 Å². The summed E-state index contributed by atoms with van der Waals surface area (Å²) in [6.07, 6.45) is -0.0910. The third kappa shape index (κ3) is 4.64. The minimum atomic E-state index is -0.649. The van der Waals surface area contributed by atoms with Gasteiger partial charge in [-0.2, -0.15) is 0 Å². The summed E-state index contributed by atoms with van der Waals surface area (Å²) < 4.78 is 24.0. The molecular weight excluding hydrogens is 367 g/mol. The zero-order chi connectivity index (χ0) is 20.1. The van der Waals surface area contributed by atoms with E-state index in [4.69, 9.17) is 9.47 Å². The van der Waals surface area contributed by atoms with E-state index in [-0.39, 0.29) is 31.2 Å². The second kappa shape index (κ2) is 8.51. The molecule has 0 saturated heterocycles. The van der Waals surface area contributed by atoms with E-state index >= 15 is 0 Å². The largest absolute Gasteiger partial charge is 0.482 e. The Morgan fingerprint density at radius 1 is 1.25 bits per heavy atom. The molecule has 0 spiro atoms. The number of anilines is 2. The lowest BCUT2D eigenvalue weighted by Gasteiger charge is -2.28. The number of nitrogens with zero attached hydrogens (tertiary/aromatic N) is 1. The Balaban J connectivity index is 1.48. The number of rotatable bonds is 6. The molecule has 0 unspecified atom stereocenters. The van der Waals surface area contributed by atoms with Gasteiger partial charge >= 0.3 is 5.97 Å². The number of para-hydroxylation sites is 2. The molecule has 1 aliphatic heterocycles. The summed E-state index contributed by atoms with van der Waals surface area (Å²) in [6.45, 7) is 1.19. The normalized spacial score (nSPS) is 12.8. The van der Waals surface area contributed by atoms with Crippen LogP contribution in [0.5, 0.6) is 5.75 Å². The fraction of sp³-hybridized carbons (Fsp3) is 0.250. The lowest BCUT2D eigenvalue weighted by molar-refractivity contribution is -0.147. The maximum atomic E-state index is 13.7. The van der Waals surface area contributed by atoms with Crippen molar-refractivity contribution in [2.45, 2.75) is 13.3 Å². The van der Waals surface area contributed by atoms with Gasteiger partial charge in [-0.25, -0.2) is 4.39 Å². The molecular formula is C20H19FN2O5. The summed E-state index contributed by atoms with van der Waals surface area (Å²) >= 11 is 0. The molecule has 8 heteroatoms. The Labute approximate surface area is 161 Å². The van der Waals surface area contributed by atoms with Gasteiger partial charge < -0.3 is 19.7 Å². The Bertz CT molecular complexity index is 915. The molecule has 1 heterocycles. The predicted octanol–water partition coefficient (Wildman–Crippen LogP) is 2.43. The number of carbonyl (C=O) groups excluding carboxylic acids is 3. The lowest BCUT2D eigenvalue weighted by atomic mass is 10.2. The van der Waals surface area contributed by atoms with Crippen molar-refractivity contribution in [3.63, 3.8) is 0 Å². The second-order valence-electron chi connectivity index (χ2n) is 6.24. The molecule has 0 fully saturated rings. The number of amides is 2. The van der Waals surface area contributed by atoms with Gasteiger partial charge in [0, 0.05) is 6.54 Å². The number of ether oxygens (including phenoxy) is 2. The highest BCUT2D eigenvalue weighted by Gasteiger charge is 2.25. The van der Waals surface area contributed by atoms with Crippen molar-refractivity contribution in [1.29, 1.82) is 0 Å². The van der Waals surface area contributed by atoms with Crippen LogP contribution in [0.4, 0.5) is 15.8 Å². The topological polar surface area (TPSA) is 84.9 Å². The van der Waals surface area contributed by atoms with E-state index in [0.717, 1.165) is 5.56 Å². The Morgan fingerprint density at radius 2 is 2.04 bits per heavy atom. The number of nitrogens with one attached hydrogen (secondary N) is 1. The van der Waals surface area contributed by atoms with Crippen LogP contribution in [0.3, 0.4) is 0 Å². The third-order valence-electron chi connectivity index (χ3n) is 4.11. The van der Waals surface area contributed by atoms with E-state index in [1.807, 2.05) is 0 Å². The molecule has 7 nitrogen and oxygen atoms in total. The maximum Gasteiger partial charge on any atom is 0.308 e. The Kier molecular flexibility index (Phi) is 5.88. The zero-order valence-electron chi connectivity index (χ0n) is 15.2. The molecule has 2 amide bonds. The molecule has 2 aromatic rings. The van der Waals surface area contributed by atoms with Crippen molar-refractivity contribution in [3.8, 4) is 5.75 Å². The van der Waals surface area contributed by atoms with Crippen LogP contribution in [0, 0.1) is 12.7 Å². The van der Waals surface area contributed by atoms with Crippen molar-refractivity contribution in [1.82, 2.24) is 0 Å². The molecule has 1 N–H and O–H groups in total. The molecule has 3 rings (SSSR count). The summed E-state index contributed by atoms with van der Waals surface area (Å²) in [5.41, 5.74) is 1.32. The van der Waals surface area contributed by atoms with Crippen molar-refractivity contribution < 1.29 is 28.2 Å². The third-order valence-corrected chi connectivity index (χ3v) is 4.11. The number of halogens is 1. The number of hydrogen-bond acceptors (Lipinski definition) is 5. The summed E-state index contributed by atoms with van der Waals surface area (Å²) in [6, 6.07) is 11.4. The molecule has 0 saturated carbocycles. The number of benzene rings is 2. The van der Waals surface area contributed by atoms with E-state index in [0.29, 0.717) is 11.4 Å². The number of carbonyl (C=O) groups is 3. The zero-order valence-corrected chi connectivity index (χ0v) is 15.2. The summed E-state index contributed by atoms with van der Waals surface area (Å²) in [5.74, 6) is -1.56. The van der Waals surface area contributed by atoms with Gasteiger partial charge in [0.1, 0.15) is 11.6 Å². The molecule has 2 aromatic carbocycles. The summed E-state index contributed by atoms with van der Waals surface area (Å²) in [4.78, 5) is 37.3. The SMILES string of the molecule is Cc1ccc(NC(=O)COC(=O)CCN2C(=O)COc3ccccc32)c(F)c1. The number of fused-ring (bicyclic) bond motifs is 1. The van der Waals surface area contributed by atoms with Gasteiger partial charge in [0.05, 0.1) is 17.8 Å². The van der Waals surface area contributed by atoms with Crippen molar-refractivity contribution in [3.05, 3.63) is 53.8 Å². The van der Waals surface area contributed by atoms with Crippen molar-refractivity contribution >= 4 is 29.2 Å². The molecule has 28 heavy (non-hydrogen) atoms. The fourth-order valence-corrected chi connectivity index (χ4v) is 2.73. The fourth-order valence-electron chi connectivity index (χ4n) is 2.73. The molecule has 0 radical (unpaired) electrons. The minimum Gasteiger partial charge on any atom is -0.482 e. The quantitative estimate of drug-likeness (QED) is 0.771. The van der Waals surface area contributed by atoms with Gasteiger partial charge in [0.25, 0.3) is 11.8 Å². The van der Waals surface area contributed by atoms with Crippen LogP contribution in [0.15, 0.2) is 42.5 Å². The molecule has 0 aliphatic carbocycles. The van der Waals surface area contributed by atoms with E-state index in [1.54, 1.807) is 37.3 Å². The van der Waals surface area contributed by atoms with Crippen LogP contribution in [0.25, 0.3) is 0 Å². The first-order valence-corrected chi connectivity index (χ1v) is 8.68. The van der Waals surface area contributed by atoms with Crippen LogP contribution in [0.2, 0.25) is 0 Å². The van der Waals surface area contributed by atoms with Crippen LogP contribution in [-0.2, 0) is 19.1 Å². The van der Waals surface area contributed by atoms with Crippen LogP contribution >= 0.6 is 0 Å². The van der Waals surface area contributed by atoms with E-state index in [2.05, 4.69) is 5.32 Å². The highest BCUT2D eigenvalue weighted by Crippen LogP contribution is 2.31. The van der Waals surface area contributed by atoms with Crippen LogP contribution in [-0.4, -0.2) is 37.5 Å². The van der Waals surface area contributed by atoms with Gasteiger partial charge in [0.2, 0.25) is 0 Å². The monoisotopic (exact) mass is 386 g/mol. The highest BCUT2D eigenvalue weighted by atomic mass is 19.1. The highest BCUT2D eigenvalue weighted by molar-refractivity contribution is 5.98. The minimum absolute atomic E-state index is 0.0159. The average Bonchev–Trinajstić information content (AvgIpc) is 2.68. The van der Waals surface area contributed by atoms with E-state index in [9.17, 15) is 18.8 Å². The maximum absolute atomic E-state index is 13.7. The molecule has 146 valence electrons. The molecule has 0 bridgehead atoms. The average molecular weight is 386 g/mol. The van der Waals surface area contributed by atoms with Gasteiger partial charge in [-0.05, 0) is 36.8 Å². The van der Waals surface area contributed by atoms with Gasteiger partial charge in [0.15, 0.2) is 13.2 Å². The summed E-state index contributed by atoms with van der Waals surface area (Å²) in [5, 5.41) is 2.35.